The van der Waals surface area contributed by atoms with E-state index in [1.54, 1.807) is 13.0 Å². The number of hydrogen-bond donors (Lipinski definition) is 1. The second-order valence-corrected chi connectivity index (χ2v) is 2.81. The molecule has 1 aromatic rings. The molecule has 1 aromatic heterocycles. The summed E-state index contributed by atoms with van der Waals surface area (Å²) in [6, 6.07) is 0. The van der Waals surface area contributed by atoms with Crippen molar-refractivity contribution in [3.63, 3.8) is 0 Å². The number of rotatable bonds is 5. The van der Waals surface area contributed by atoms with Crippen molar-refractivity contribution in [3.05, 3.63) is 24.4 Å². The van der Waals surface area contributed by atoms with Crippen molar-refractivity contribution in [2.45, 2.75) is 19.8 Å². The van der Waals surface area contributed by atoms with Gasteiger partial charge in [0.05, 0.1) is 0 Å². The summed E-state index contributed by atoms with van der Waals surface area (Å²) in [7, 11) is 0. The van der Waals surface area contributed by atoms with E-state index in [4.69, 9.17) is 4.42 Å². The third-order valence-corrected chi connectivity index (χ3v) is 1.58. The molecule has 0 atom stereocenters. The van der Waals surface area contributed by atoms with Gasteiger partial charge in [-0.3, -0.25) is 4.79 Å². The van der Waals surface area contributed by atoms with Crippen LogP contribution < -0.4 is 5.32 Å². The molecule has 1 heterocycles. The SMILES string of the molecule is C=CCNC(=O)CCc1nnc(C)o1. The van der Waals surface area contributed by atoms with Crippen LogP contribution in [0.15, 0.2) is 17.1 Å². The Balaban J connectivity index is 2.26. The summed E-state index contributed by atoms with van der Waals surface area (Å²) < 4.78 is 5.12. The van der Waals surface area contributed by atoms with Gasteiger partial charge >= 0.3 is 0 Å². The van der Waals surface area contributed by atoms with Crippen molar-refractivity contribution < 1.29 is 9.21 Å². The smallest absolute Gasteiger partial charge is 0.220 e. The molecule has 14 heavy (non-hydrogen) atoms. The number of nitrogens with one attached hydrogen (secondary N) is 1. The lowest BCUT2D eigenvalue weighted by Gasteiger charge is -1.98. The summed E-state index contributed by atoms with van der Waals surface area (Å²) in [6.45, 7) is 5.70. The van der Waals surface area contributed by atoms with E-state index in [9.17, 15) is 4.79 Å². The lowest BCUT2D eigenvalue weighted by Crippen LogP contribution is -2.23. The zero-order valence-electron chi connectivity index (χ0n) is 8.12. The Morgan fingerprint density at radius 1 is 1.64 bits per heavy atom. The molecule has 1 amide bonds. The maximum atomic E-state index is 11.1. The predicted molar refractivity (Wildman–Crippen MR) is 50.6 cm³/mol. The number of hydrogen-bond acceptors (Lipinski definition) is 4. The van der Waals surface area contributed by atoms with Crippen LogP contribution in [-0.2, 0) is 11.2 Å². The van der Waals surface area contributed by atoms with E-state index in [1.807, 2.05) is 0 Å². The van der Waals surface area contributed by atoms with Crippen LogP contribution in [0.1, 0.15) is 18.2 Å². The van der Waals surface area contributed by atoms with Gasteiger partial charge in [0.25, 0.3) is 0 Å². The quantitative estimate of drug-likeness (QED) is 0.699. The summed E-state index contributed by atoms with van der Waals surface area (Å²) in [6.07, 6.45) is 2.47. The summed E-state index contributed by atoms with van der Waals surface area (Å²) >= 11 is 0. The average molecular weight is 195 g/mol. The van der Waals surface area contributed by atoms with Crippen LogP contribution in [0.2, 0.25) is 0 Å². The number of aromatic nitrogens is 2. The Morgan fingerprint density at radius 2 is 2.43 bits per heavy atom. The first-order valence-corrected chi connectivity index (χ1v) is 4.39. The number of carbonyl (C=O) groups is 1. The molecule has 5 heteroatoms. The van der Waals surface area contributed by atoms with Crippen molar-refractivity contribution >= 4 is 5.91 Å². The molecule has 0 fully saturated rings. The molecule has 0 bridgehead atoms. The van der Waals surface area contributed by atoms with Crippen LogP contribution in [0.3, 0.4) is 0 Å². The van der Waals surface area contributed by atoms with Crippen molar-refractivity contribution in [2.75, 3.05) is 6.54 Å². The molecular weight excluding hydrogens is 182 g/mol. The maximum Gasteiger partial charge on any atom is 0.220 e. The highest BCUT2D eigenvalue weighted by molar-refractivity contribution is 5.76. The van der Waals surface area contributed by atoms with Gasteiger partial charge in [0.2, 0.25) is 17.7 Å². The van der Waals surface area contributed by atoms with E-state index in [0.717, 1.165) is 0 Å². The number of aryl methyl sites for hydroxylation is 2. The molecule has 0 aliphatic carbocycles. The molecule has 1 rings (SSSR count). The first kappa shape index (κ1) is 10.4. The van der Waals surface area contributed by atoms with Crippen LogP contribution in [0, 0.1) is 6.92 Å². The van der Waals surface area contributed by atoms with Crippen molar-refractivity contribution in [1.29, 1.82) is 0 Å². The van der Waals surface area contributed by atoms with Gasteiger partial charge in [0, 0.05) is 26.3 Å². The van der Waals surface area contributed by atoms with Gasteiger partial charge < -0.3 is 9.73 Å². The average Bonchev–Trinajstić information content (AvgIpc) is 2.58. The van der Waals surface area contributed by atoms with E-state index >= 15 is 0 Å². The Morgan fingerprint density at radius 3 is 3.00 bits per heavy atom. The number of amides is 1. The Kier molecular flexibility index (Phi) is 3.84. The minimum atomic E-state index is -0.0410. The summed E-state index contributed by atoms with van der Waals surface area (Å²) in [4.78, 5) is 11.1. The zero-order chi connectivity index (χ0) is 10.4. The summed E-state index contributed by atoms with van der Waals surface area (Å²) in [5.74, 6) is 0.975. The lowest BCUT2D eigenvalue weighted by molar-refractivity contribution is -0.120. The zero-order valence-corrected chi connectivity index (χ0v) is 8.12. The van der Waals surface area contributed by atoms with Crippen molar-refractivity contribution in [1.82, 2.24) is 15.5 Å². The molecule has 0 aliphatic rings. The van der Waals surface area contributed by atoms with Crippen LogP contribution in [-0.4, -0.2) is 22.6 Å². The van der Waals surface area contributed by atoms with Gasteiger partial charge in [-0.15, -0.1) is 16.8 Å². The van der Waals surface area contributed by atoms with Gasteiger partial charge in [-0.2, -0.15) is 0 Å². The van der Waals surface area contributed by atoms with E-state index in [0.29, 0.717) is 31.2 Å². The van der Waals surface area contributed by atoms with E-state index in [-0.39, 0.29) is 5.91 Å². The van der Waals surface area contributed by atoms with Gasteiger partial charge in [0.1, 0.15) is 0 Å². The Labute approximate surface area is 82.2 Å². The van der Waals surface area contributed by atoms with E-state index in [2.05, 4.69) is 22.1 Å². The van der Waals surface area contributed by atoms with Crippen molar-refractivity contribution in [3.8, 4) is 0 Å². The number of nitrogens with zero attached hydrogens (tertiary/aromatic N) is 2. The molecule has 0 unspecified atom stereocenters. The van der Waals surface area contributed by atoms with Crippen LogP contribution in [0.4, 0.5) is 0 Å². The highest BCUT2D eigenvalue weighted by Crippen LogP contribution is 2.00. The second kappa shape index (κ2) is 5.16. The molecule has 0 aromatic carbocycles. The molecule has 0 saturated heterocycles. The third-order valence-electron chi connectivity index (χ3n) is 1.58. The highest BCUT2D eigenvalue weighted by atomic mass is 16.4. The molecule has 5 nitrogen and oxygen atoms in total. The van der Waals surface area contributed by atoms with Gasteiger partial charge in [-0.05, 0) is 0 Å². The maximum absolute atomic E-state index is 11.1. The first-order chi connectivity index (χ1) is 6.72. The monoisotopic (exact) mass is 195 g/mol. The molecule has 1 N–H and O–H groups in total. The van der Waals surface area contributed by atoms with E-state index in [1.165, 1.54) is 0 Å². The van der Waals surface area contributed by atoms with Crippen molar-refractivity contribution in [2.24, 2.45) is 0 Å². The lowest BCUT2D eigenvalue weighted by atomic mass is 10.3. The van der Waals surface area contributed by atoms with Gasteiger partial charge in [-0.25, -0.2) is 0 Å². The molecule has 0 radical (unpaired) electrons. The Bertz CT molecular complexity index is 320. The molecule has 0 saturated carbocycles. The summed E-state index contributed by atoms with van der Waals surface area (Å²) in [5.41, 5.74) is 0. The van der Waals surface area contributed by atoms with Crippen LogP contribution in [0.25, 0.3) is 0 Å². The topological polar surface area (TPSA) is 68.0 Å². The fraction of sp³-hybridized carbons (Fsp3) is 0.444. The molecular formula is C9H13N3O2. The highest BCUT2D eigenvalue weighted by Gasteiger charge is 2.05. The van der Waals surface area contributed by atoms with Crippen LogP contribution >= 0.6 is 0 Å². The predicted octanol–water partition coefficient (Wildman–Crippen LogP) is 0.613. The largest absolute Gasteiger partial charge is 0.426 e. The van der Waals surface area contributed by atoms with Gasteiger partial charge in [-0.1, -0.05) is 6.08 Å². The first-order valence-electron chi connectivity index (χ1n) is 4.39. The fourth-order valence-corrected chi connectivity index (χ4v) is 0.933. The van der Waals surface area contributed by atoms with Gasteiger partial charge in [0.15, 0.2) is 0 Å². The van der Waals surface area contributed by atoms with Crippen LogP contribution in [0.5, 0.6) is 0 Å². The summed E-state index contributed by atoms with van der Waals surface area (Å²) in [5, 5.41) is 10.1. The van der Waals surface area contributed by atoms with E-state index < -0.39 is 0 Å². The normalized spacial score (nSPS) is 9.79. The molecule has 0 spiro atoms. The minimum Gasteiger partial charge on any atom is -0.426 e. The second-order valence-electron chi connectivity index (χ2n) is 2.81. The Hall–Kier alpha value is -1.65. The fourth-order valence-electron chi connectivity index (χ4n) is 0.933. The third kappa shape index (κ3) is 3.38. The number of carbonyl (C=O) groups excluding carboxylic acids is 1. The standard InChI is InChI=1S/C9H13N3O2/c1-3-6-10-8(13)4-5-9-12-11-7(2)14-9/h3H,1,4-6H2,2H3,(H,10,13). The molecule has 76 valence electrons. The minimum absolute atomic E-state index is 0.0410. The molecule has 0 aliphatic heterocycles.